The standard InChI is InChI=1S/C15H12BrNO3/c16-13-4-2-1-3-12(13)15(20)17-11-7-5-10(6-8-11)9-14(18)19/h1-8H,9H2,(H,17,20)(H,18,19). The maximum absolute atomic E-state index is 12.1. The fourth-order valence-corrected chi connectivity index (χ4v) is 2.19. The third-order valence-electron chi connectivity index (χ3n) is 2.69. The Bertz CT molecular complexity index is 638. The number of carbonyl (C=O) groups excluding carboxylic acids is 1. The molecular weight excluding hydrogens is 322 g/mol. The van der Waals surface area contributed by atoms with Crippen molar-refractivity contribution in [3.05, 3.63) is 64.1 Å². The van der Waals surface area contributed by atoms with Crippen molar-refractivity contribution >= 4 is 33.5 Å². The maximum atomic E-state index is 12.1. The van der Waals surface area contributed by atoms with E-state index in [0.29, 0.717) is 16.8 Å². The molecule has 0 aliphatic heterocycles. The van der Waals surface area contributed by atoms with Gasteiger partial charge in [-0.05, 0) is 45.8 Å². The number of aliphatic carboxylic acids is 1. The van der Waals surface area contributed by atoms with E-state index in [9.17, 15) is 9.59 Å². The predicted octanol–water partition coefficient (Wildman–Crippen LogP) is 3.33. The second kappa shape index (κ2) is 6.34. The van der Waals surface area contributed by atoms with Crippen molar-refractivity contribution in [3.8, 4) is 0 Å². The molecule has 2 aromatic carbocycles. The zero-order valence-corrected chi connectivity index (χ0v) is 12.1. The first kappa shape index (κ1) is 14.3. The maximum Gasteiger partial charge on any atom is 0.307 e. The van der Waals surface area contributed by atoms with Crippen LogP contribution in [0.15, 0.2) is 53.0 Å². The minimum absolute atomic E-state index is 0.0293. The highest BCUT2D eigenvalue weighted by atomic mass is 79.9. The number of hydrogen-bond donors (Lipinski definition) is 2. The summed E-state index contributed by atoms with van der Waals surface area (Å²) in [6.45, 7) is 0. The number of amides is 1. The van der Waals surface area contributed by atoms with Gasteiger partial charge in [0.05, 0.1) is 12.0 Å². The van der Waals surface area contributed by atoms with Gasteiger partial charge in [0.15, 0.2) is 0 Å². The molecule has 0 bridgehead atoms. The van der Waals surface area contributed by atoms with E-state index < -0.39 is 5.97 Å². The first-order chi connectivity index (χ1) is 9.56. The summed E-state index contributed by atoms with van der Waals surface area (Å²) in [6.07, 6.45) is -0.0293. The molecule has 0 saturated carbocycles. The molecule has 0 aliphatic rings. The Labute approximate surface area is 124 Å². The van der Waals surface area contributed by atoms with Gasteiger partial charge < -0.3 is 10.4 Å². The monoisotopic (exact) mass is 333 g/mol. The van der Waals surface area contributed by atoms with Gasteiger partial charge in [-0.15, -0.1) is 0 Å². The van der Waals surface area contributed by atoms with Crippen molar-refractivity contribution in [1.82, 2.24) is 0 Å². The Hall–Kier alpha value is -2.14. The van der Waals surface area contributed by atoms with Crippen molar-refractivity contribution in [2.24, 2.45) is 0 Å². The number of anilines is 1. The zero-order valence-electron chi connectivity index (χ0n) is 10.5. The summed E-state index contributed by atoms with van der Waals surface area (Å²) < 4.78 is 0.722. The summed E-state index contributed by atoms with van der Waals surface area (Å²) in [4.78, 5) is 22.6. The lowest BCUT2D eigenvalue weighted by molar-refractivity contribution is -0.136. The summed E-state index contributed by atoms with van der Waals surface area (Å²) in [5, 5.41) is 11.4. The van der Waals surface area contributed by atoms with Crippen LogP contribution >= 0.6 is 15.9 Å². The number of rotatable bonds is 4. The van der Waals surface area contributed by atoms with Crippen LogP contribution in [-0.4, -0.2) is 17.0 Å². The SMILES string of the molecule is O=C(O)Cc1ccc(NC(=O)c2ccccc2Br)cc1. The second-order valence-electron chi connectivity index (χ2n) is 4.20. The molecular formula is C15H12BrNO3. The molecule has 0 aliphatic carbocycles. The normalized spacial score (nSPS) is 10.1. The van der Waals surface area contributed by atoms with E-state index in [1.807, 2.05) is 6.07 Å². The topological polar surface area (TPSA) is 66.4 Å². The van der Waals surface area contributed by atoms with Crippen molar-refractivity contribution in [2.45, 2.75) is 6.42 Å². The lowest BCUT2D eigenvalue weighted by Gasteiger charge is -2.07. The Balaban J connectivity index is 2.09. The number of carboxylic acids is 1. The smallest absolute Gasteiger partial charge is 0.307 e. The third kappa shape index (κ3) is 3.68. The van der Waals surface area contributed by atoms with Crippen LogP contribution in [0.5, 0.6) is 0 Å². The number of hydrogen-bond acceptors (Lipinski definition) is 2. The summed E-state index contributed by atoms with van der Waals surface area (Å²) in [5.41, 5.74) is 1.86. The molecule has 5 heteroatoms. The molecule has 0 fully saturated rings. The van der Waals surface area contributed by atoms with Crippen molar-refractivity contribution in [1.29, 1.82) is 0 Å². The summed E-state index contributed by atoms with van der Waals surface area (Å²) >= 11 is 3.32. The van der Waals surface area contributed by atoms with Gasteiger partial charge in [-0.25, -0.2) is 0 Å². The van der Waals surface area contributed by atoms with Crippen molar-refractivity contribution < 1.29 is 14.7 Å². The van der Waals surface area contributed by atoms with Crippen LogP contribution in [0.3, 0.4) is 0 Å². The number of carboxylic acid groups (broad SMARTS) is 1. The number of carbonyl (C=O) groups is 2. The lowest BCUT2D eigenvalue weighted by atomic mass is 10.1. The average Bonchev–Trinajstić information content (AvgIpc) is 2.41. The van der Waals surface area contributed by atoms with E-state index in [1.165, 1.54) is 0 Å². The summed E-state index contributed by atoms with van der Waals surface area (Å²) in [7, 11) is 0. The van der Waals surface area contributed by atoms with E-state index in [2.05, 4.69) is 21.2 Å². The highest BCUT2D eigenvalue weighted by molar-refractivity contribution is 9.10. The summed E-state index contributed by atoms with van der Waals surface area (Å²) in [5.74, 6) is -1.10. The van der Waals surface area contributed by atoms with Gasteiger partial charge in [-0.1, -0.05) is 24.3 Å². The quantitative estimate of drug-likeness (QED) is 0.901. The number of halogens is 1. The zero-order chi connectivity index (χ0) is 14.5. The molecule has 20 heavy (non-hydrogen) atoms. The Morgan fingerprint density at radius 3 is 2.30 bits per heavy atom. The average molecular weight is 334 g/mol. The van der Waals surface area contributed by atoms with Crippen LogP contribution in [-0.2, 0) is 11.2 Å². The van der Waals surface area contributed by atoms with Gasteiger partial charge in [0, 0.05) is 10.2 Å². The van der Waals surface area contributed by atoms with E-state index >= 15 is 0 Å². The first-order valence-electron chi connectivity index (χ1n) is 5.93. The highest BCUT2D eigenvalue weighted by Gasteiger charge is 2.09. The summed E-state index contributed by atoms with van der Waals surface area (Å²) in [6, 6.07) is 13.9. The molecule has 0 aromatic heterocycles. The Kier molecular flexibility index (Phi) is 4.53. The van der Waals surface area contributed by atoms with Gasteiger partial charge in [-0.2, -0.15) is 0 Å². The Morgan fingerprint density at radius 2 is 1.70 bits per heavy atom. The fourth-order valence-electron chi connectivity index (χ4n) is 1.72. The van der Waals surface area contributed by atoms with E-state index in [1.54, 1.807) is 42.5 Å². The number of benzene rings is 2. The third-order valence-corrected chi connectivity index (χ3v) is 3.38. The molecule has 2 aromatic rings. The van der Waals surface area contributed by atoms with Crippen LogP contribution in [0, 0.1) is 0 Å². The van der Waals surface area contributed by atoms with Gasteiger partial charge in [0.1, 0.15) is 0 Å². The molecule has 1 amide bonds. The van der Waals surface area contributed by atoms with Crippen molar-refractivity contribution in [3.63, 3.8) is 0 Å². The largest absolute Gasteiger partial charge is 0.481 e. The van der Waals surface area contributed by atoms with Crippen LogP contribution in [0.1, 0.15) is 15.9 Å². The predicted molar refractivity (Wildman–Crippen MR) is 79.9 cm³/mol. The van der Waals surface area contributed by atoms with Crippen LogP contribution < -0.4 is 5.32 Å². The Morgan fingerprint density at radius 1 is 1.05 bits per heavy atom. The lowest BCUT2D eigenvalue weighted by Crippen LogP contribution is -2.12. The molecule has 4 nitrogen and oxygen atoms in total. The molecule has 0 spiro atoms. The van der Waals surface area contributed by atoms with E-state index in [4.69, 9.17) is 5.11 Å². The molecule has 0 unspecified atom stereocenters. The van der Waals surface area contributed by atoms with Crippen molar-refractivity contribution in [2.75, 3.05) is 5.32 Å². The van der Waals surface area contributed by atoms with Crippen LogP contribution in [0.25, 0.3) is 0 Å². The van der Waals surface area contributed by atoms with E-state index in [0.717, 1.165) is 4.47 Å². The first-order valence-corrected chi connectivity index (χ1v) is 6.72. The second-order valence-corrected chi connectivity index (χ2v) is 5.06. The minimum Gasteiger partial charge on any atom is -0.481 e. The molecule has 0 saturated heterocycles. The van der Waals surface area contributed by atoms with Crippen LogP contribution in [0.2, 0.25) is 0 Å². The van der Waals surface area contributed by atoms with Gasteiger partial charge in [0.2, 0.25) is 0 Å². The van der Waals surface area contributed by atoms with Gasteiger partial charge >= 0.3 is 5.97 Å². The minimum atomic E-state index is -0.880. The molecule has 0 heterocycles. The molecule has 2 rings (SSSR count). The highest BCUT2D eigenvalue weighted by Crippen LogP contribution is 2.18. The molecule has 0 radical (unpaired) electrons. The van der Waals surface area contributed by atoms with Gasteiger partial charge in [-0.3, -0.25) is 9.59 Å². The number of nitrogens with one attached hydrogen (secondary N) is 1. The fraction of sp³-hybridized carbons (Fsp3) is 0.0667. The molecule has 102 valence electrons. The van der Waals surface area contributed by atoms with Crippen LogP contribution in [0.4, 0.5) is 5.69 Å². The molecule has 2 N–H and O–H groups in total. The van der Waals surface area contributed by atoms with Gasteiger partial charge in [0.25, 0.3) is 5.91 Å². The molecule has 0 atom stereocenters. The van der Waals surface area contributed by atoms with E-state index in [-0.39, 0.29) is 12.3 Å².